The molecule has 0 saturated carbocycles. The molecule has 1 aromatic heterocycles. The van der Waals surface area contributed by atoms with Crippen molar-refractivity contribution in [1.82, 2.24) is 5.32 Å². The van der Waals surface area contributed by atoms with Crippen molar-refractivity contribution in [3.05, 3.63) is 56.7 Å². The molecule has 2 unspecified atom stereocenters. The van der Waals surface area contributed by atoms with Crippen LogP contribution < -0.4 is 10.7 Å². The van der Waals surface area contributed by atoms with E-state index in [1.165, 1.54) is 0 Å². The van der Waals surface area contributed by atoms with Gasteiger partial charge in [-0.1, -0.05) is 11.6 Å². The average Bonchev–Trinajstić information content (AvgIpc) is 3.14. The van der Waals surface area contributed by atoms with E-state index < -0.39 is 22.9 Å². The standard InChI is InChI=1S/C22H19ClF3NO5/c23-13-7-10(22(24,25)26)1-2-11(13)18-9-17(31)20-16(30)8-15(29)19(21(20)32-18)12-3-5-27-14(12)4-6-28/h1-2,7-9,12,14,27-30H,3-6H2. The smallest absolute Gasteiger partial charge is 0.416 e. The average molecular weight is 470 g/mol. The summed E-state index contributed by atoms with van der Waals surface area (Å²) in [6.07, 6.45) is -3.62. The van der Waals surface area contributed by atoms with Gasteiger partial charge in [-0.3, -0.25) is 4.79 Å². The van der Waals surface area contributed by atoms with Gasteiger partial charge in [-0.15, -0.1) is 0 Å². The zero-order valence-electron chi connectivity index (χ0n) is 16.5. The Kier molecular flexibility index (Phi) is 5.83. The van der Waals surface area contributed by atoms with E-state index >= 15 is 0 Å². The maximum atomic E-state index is 13.0. The Balaban J connectivity index is 1.94. The van der Waals surface area contributed by atoms with Gasteiger partial charge in [-0.05, 0) is 37.6 Å². The summed E-state index contributed by atoms with van der Waals surface area (Å²) in [5.41, 5.74) is -1.32. The van der Waals surface area contributed by atoms with Crippen LogP contribution in [0.4, 0.5) is 13.2 Å². The first-order valence-corrected chi connectivity index (χ1v) is 10.2. The van der Waals surface area contributed by atoms with Crippen LogP contribution in [0, 0.1) is 0 Å². The second-order valence-corrected chi connectivity index (χ2v) is 8.08. The first kappa shape index (κ1) is 22.4. The van der Waals surface area contributed by atoms with Crippen LogP contribution in [-0.4, -0.2) is 34.5 Å². The molecule has 10 heteroatoms. The molecular weight excluding hydrogens is 451 g/mol. The SMILES string of the molecule is O=c1cc(-c2ccc(C(F)(F)F)cc2Cl)oc2c(C3CCNC3CCO)c(O)cc(O)c12. The lowest BCUT2D eigenvalue weighted by molar-refractivity contribution is -0.137. The van der Waals surface area contributed by atoms with Crippen molar-refractivity contribution in [3.8, 4) is 22.8 Å². The fourth-order valence-corrected chi connectivity index (χ4v) is 4.53. The van der Waals surface area contributed by atoms with Gasteiger partial charge in [0.25, 0.3) is 0 Å². The topological polar surface area (TPSA) is 103 Å². The second-order valence-electron chi connectivity index (χ2n) is 7.67. The van der Waals surface area contributed by atoms with Crippen LogP contribution in [0.5, 0.6) is 11.5 Å². The summed E-state index contributed by atoms with van der Waals surface area (Å²) in [5, 5.41) is 33.0. The minimum atomic E-state index is -4.59. The van der Waals surface area contributed by atoms with Crippen LogP contribution in [0.25, 0.3) is 22.3 Å². The van der Waals surface area contributed by atoms with Crippen molar-refractivity contribution in [2.75, 3.05) is 13.2 Å². The zero-order valence-corrected chi connectivity index (χ0v) is 17.3. The van der Waals surface area contributed by atoms with Crippen molar-refractivity contribution < 1.29 is 32.9 Å². The van der Waals surface area contributed by atoms with Crippen LogP contribution in [0.3, 0.4) is 0 Å². The number of aliphatic hydroxyl groups excluding tert-OH is 1. The number of benzene rings is 2. The number of alkyl halides is 3. The fraction of sp³-hybridized carbons (Fsp3) is 0.318. The van der Waals surface area contributed by atoms with Gasteiger partial charge < -0.3 is 25.1 Å². The lowest BCUT2D eigenvalue weighted by Gasteiger charge is -2.21. The first-order valence-electron chi connectivity index (χ1n) is 9.86. The summed E-state index contributed by atoms with van der Waals surface area (Å²) in [6, 6.07) is 4.55. The second kappa shape index (κ2) is 8.31. The molecule has 2 heterocycles. The van der Waals surface area contributed by atoms with Crippen LogP contribution in [0.15, 0.2) is 39.5 Å². The number of hydrogen-bond acceptors (Lipinski definition) is 6. The van der Waals surface area contributed by atoms with Gasteiger partial charge in [0.15, 0.2) is 5.43 Å². The number of fused-ring (bicyclic) bond motifs is 1. The van der Waals surface area contributed by atoms with Crippen molar-refractivity contribution >= 4 is 22.6 Å². The Morgan fingerprint density at radius 3 is 2.56 bits per heavy atom. The lowest BCUT2D eigenvalue weighted by Crippen LogP contribution is -2.27. The number of aliphatic hydroxyl groups is 1. The highest BCUT2D eigenvalue weighted by atomic mass is 35.5. The molecule has 0 amide bonds. The highest BCUT2D eigenvalue weighted by Crippen LogP contribution is 2.44. The number of nitrogens with one attached hydrogen (secondary N) is 1. The Labute approximate surface area is 184 Å². The van der Waals surface area contributed by atoms with E-state index in [9.17, 15) is 33.3 Å². The van der Waals surface area contributed by atoms with E-state index in [1.54, 1.807) is 0 Å². The fourth-order valence-electron chi connectivity index (χ4n) is 4.26. The third-order valence-electron chi connectivity index (χ3n) is 5.72. The van der Waals surface area contributed by atoms with Crippen molar-refractivity contribution in [2.24, 2.45) is 0 Å². The molecule has 0 spiro atoms. The normalized spacial score (nSPS) is 19.0. The van der Waals surface area contributed by atoms with E-state index in [0.29, 0.717) is 19.4 Å². The summed E-state index contributed by atoms with van der Waals surface area (Å²) in [6.45, 7) is 0.507. The van der Waals surface area contributed by atoms with E-state index in [2.05, 4.69) is 5.32 Å². The number of phenolic OH excluding ortho intramolecular Hbond substituents is 2. The van der Waals surface area contributed by atoms with E-state index in [-0.39, 0.29) is 57.2 Å². The zero-order chi connectivity index (χ0) is 23.2. The molecule has 1 aliphatic rings. The number of rotatable bonds is 4. The molecule has 0 bridgehead atoms. The summed E-state index contributed by atoms with van der Waals surface area (Å²) >= 11 is 6.07. The largest absolute Gasteiger partial charge is 0.507 e. The number of hydrogen-bond donors (Lipinski definition) is 4. The van der Waals surface area contributed by atoms with Crippen molar-refractivity contribution in [3.63, 3.8) is 0 Å². The van der Waals surface area contributed by atoms with Crippen LogP contribution in [0.1, 0.15) is 29.9 Å². The number of aromatic hydroxyl groups is 2. The minimum Gasteiger partial charge on any atom is -0.507 e. The van der Waals surface area contributed by atoms with Gasteiger partial charge in [-0.25, -0.2) is 0 Å². The van der Waals surface area contributed by atoms with Crippen LogP contribution in [-0.2, 0) is 6.18 Å². The lowest BCUT2D eigenvalue weighted by atomic mass is 9.88. The van der Waals surface area contributed by atoms with E-state index in [1.807, 2.05) is 0 Å². The van der Waals surface area contributed by atoms with E-state index in [0.717, 1.165) is 30.3 Å². The maximum absolute atomic E-state index is 13.0. The minimum absolute atomic E-state index is 0.0592. The molecule has 4 N–H and O–H groups in total. The molecule has 0 radical (unpaired) electrons. The van der Waals surface area contributed by atoms with Crippen LogP contribution >= 0.6 is 11.6 Å². The third kappa shape index (κ3) is 3.92. The summed E-state index contributed by atoms with van der Waals surface area (Å²) in [5.74, 6) is -1.20. The molecule has 4 rings (SSSR count). The van der Waals surface area contributed by atoms with E-state index in [4.69, 9.17) is 16.0 Å². The quantitative estimate of drug-likeness (QED) is 0.452. The molecule has 1 fully saturated rings. The Morgan fingerprint density at radius 2 is 1.91 bits per heavy atom. The molecule has 1 aliphatic heterocycles. The molecule has 3 aromatic rings. The molecule has 32 heavy (non-hydrogen) atoms. The number of phenols is 2. The van der Waals surface area contributed by atoms with Gasteiger partial charge in [0.05, 0.1) is 10.6 Å². The molecule has 6 nitrogen and oxygen atoms in total. The van der Waals surface area contributed by atoms with Gasteiger partial charge in [-0.2, -0.15) is 13.2 Å². The van der Waals surface area contributed by atoms with Gasteiger partial charge in [0, 0.05) is 41.8 Å². The summed E-state index contributed by atoms with van der Waals surface area (Å²) in [4.78, 5) is 12.8. The molecule has 2 atom stereocenters. The van der Waals surface area contributed by atoms with Gasteiger partial charge in [0.2, 0.25) is 0 Å². The summed E-state index contributed by atoms with van der Waals surface area (Å²) < 4.78 is 44.8. The van der Waals surface area contributed by atoms with Crippen molar-refractivity contribution in [1.29, 1.82) is 0 Å². The molecule has 1 saturated heterocycles. The molecule has 2 aromatic carbocycles. The molecule has 170 valence electrons. The predicted octanol–water partition coefficient (Wildman–Crippen LogP) is 4.37. The Bertz CT molecular complexity index is 1240. The number of halogens is 4. The Hall–Kier alpha value is -2.75. The highest BCUT2D eigenvalue weighted by Gasteiger charge is 2.34. The Morgan fingerprint density at radius 1 is 1.16 bits per heavy atom. The first-order chi connectivity index (χ1) is 15.1. The third-order valence-corrected chi connectivity index (χ3v) is 6.03. The van der Waals surface area contributed by atoms with Gasteiger partial charge >= 0.3 is 6.18 Å². The monoisotopic (exact) mass is 469 g/mol. The van der Waals surface area contributed by atoms with Gasteiger partial charge in [0.1, 0.15) is 28.2 Å². The maximum Gasteiger partial charge on any atom is 0.416 e. The predicted molar refractivity (Wildman–Crippen MR) is 112 cm³/mol. The van der Waals surface area contributed by atoms with Crippen LogP contribution in [0.2, 0.25) is 5.02 Å². The molecular formula is C22H19ClF3NO5. The summed E-state index contributed by atoms with van der Waals surface area (Å²) in [7, 11) is 0. The highest BCUT2D eigenvalue weighted by molar-refractivity contribution is 6.33. The van der Waals surface area contributed by atoms with Crippen molar-refractivity contribution in [2.45, 2.75) is 31.0 Å². The molecule has 0 aliphatic carbocycles.